The predicted octanol–water partition coefficient (Wildman–Crippen LogP) is 3.08. The van der Waals surface area contributed by atoms with E-state index in [1.165, 1.54) is 7.05 Å². The lowest BCUT2D eigenvalue weighted by molar-refractivity contribution is -0.157. The molecule has 0 aliphatic rings. The number of furan rings is 1. The third-order valence-corrected chi connectivity index (χ3v) is 3.68. The van der Waals surface area contributed by atoms with Crippen LogP contribution in [0.5, 0.6) is 0 Å². The molecular weight excluding hydrogens is 476 g/mol. The molecule has 150 valence electrons. The Morgan fingerprint density at radius 1 is 1.22 bits per heavy atom. The number of hydrogen-bond acceptors (Lipinski definition) is 3. The fourth-order valence-electron chi connectivity index (χ4n) is 2.45. The van der Waals surface area contributed by atoms with Crippen LogP contribution in [0.3, 0.4) is 0 Å². The van der Waals surface area contributed by atoms with Crippen LogP contribution < -0.4 is 5.32 Å². The third-order valence-electron chi connectivity index (χ3n) is 3.68. The van der Waals surface area contributed by atoms with Gasteiger partial charge in [0, 0.05) is 26.5 Å². The van der Waals surface area contributed by atoms with Gasteiger partial charge in [0.05, 0.1) is 13.1 Å². The molecule has 0 aliphatic heterocycles. The Balaban J connectivity index is 0.00000364. The lowest BCUT2D eigenvalue weighted by Gasteiger charge is -2.23. The second-order valence-electron chi connectivity index (χ2n) is 5.87. The molecule has 1 amide bonds. The van der Waals surface area contributed by atoms with Crippen molar-refractivity contribution in [2.24, 2.45) is 4.99 Å². The van der Waals surface area contributed by atoms with Crippen LogP contribution >= 0.6 is 24.0 Å². The van der Waals surface area contributed by atoms with Gasteiger partial charge in [0.1, 0.15) is 17.9 Å². The van der Waals surface area contributed by atoms with Gasteiger partial charge in [0.2, 0.25) is 5.91 Å². The van der Waals surface area contributed by atoms with Gasteiger partial charge in [-0.2, -0.15) is 13.2 Å². The summed E-state index contributed by atoms with van der Waals surface area (Å²) in [5.41, 5.74) is 0.766. The maximum Gasteiger partial charge on any atom is 0.406 e. The van der Waals surface area contributed by atoms with Gasteiger partial charge < -0.3 is 19.5 Å². The number of carbonyl (C=O) groups excluding carboxylic acids is 1. The van der Waals surface area contributed by atoms with Crippen LogP contribution in [0.4, 0.5) is 13.2 Å². The molecule has 0 saturated heterocycles. The number of carbonyl (C=O) groups is 1. The Bertz CT molecular complexity index is 759. The summed E-state index contributed by atoms with van der Waals surface area (Å²) in [5, 5.41) is 3.74. The zero-order valence-corrected chi connectivity index (χ0v) is 17.5. The molecule has 0 radical (unpaired) electrons. The van der Waals surface area contributed by atoms with E-state index >= 15 is 0 Å². The molecule has 1 heterocycles. The Morgan fingerprint density at radius 2 is 1.89 bits per heavy atom. The van der Waals surface area contributed by atoms with E-state index in [0.29, 0.717) is 23.2 Å². The van der Waals surface area contributed by atoms with E-state index in [9.17, 15) is 18.0 Å². The van der Waals surface area contributed by atoms with E-state index in [0.717, 1.165) is 18.0 Å². The Morgan fingerprint density at radius 3 is 2.48 bits per heavy atom. The molecule has 0 spiro atoms. The molecule has 6 nitrogen and oxygen atoms in total. The minimum atomic E-state index is -4.43. The largest absolute Gasteiger partial charge is 0.459 e. The highest BCUT2D eigenvalue weighted by Crippen LogP contribution is 2.19. The number of para-hydroxylation sites is 1. The zero-order valence-electron chi connectivity index (χ0n) is 15.2. The number of fused-ring (bicyclic) bond motifs is 1. The Labute approximate surface area is 172 Å². The summed E-state index contributed by atoms with van der Waals surface area (Å²) in [6, 6.07) is 9.49. The van der Waals surface area contributed by atoms with Crippen molar-refractivity contribution in [2.75, 3.05) is 34.2 Å². The maximum absolute atomic E-state index is 12.3. The van der Waals surface area contributed by atoms with Gasteiger partial charge in [-0.15, -0.1) is 24.0 Å². The quantitative estimate of drug-likeness (QED) is 0.391. The maximum atomic E-state index is 12.3. The van der Waals surface area contributed by atoms with Crippen LogP contribution in [-0.2, 0) is 11.3 Å². The van der Waals surface area contributed by atoms with Gasteiger partial charge in [-0.1, -0.05) is 18.2 Å². The number of nitrogens with zero attached hydrogens (tertiary/aromatic N) is 3. The highest BCUT2D eigenvalue weighted by atomic mass is 127. The SMILES string of the molecule is CN=C(NCC(=O)N(C)CC(F)(F)F)N(C)Cc1cc2ccccc2o1.I. The molecule has 2 aromatic rings. The van der Waals surface area contributed by atoms with Gasteiger partial charge in [0.15, 0.2) is 5.96 Å². The molecule has 1 aromatic heterocycles. The van der Waals surface area contributed by atoms with Crippen molar-refractivity contribution >= 4 is 46.8 Å². The van der Waals surface area contributed by atoms with Gasteiger partial charge in [-0.05, 0) is 12.1 Å². The number of hydrogen-bond donors (Lipinski definition) is 1. The monoisotopic (exact) mass is 498 g/mol. The van der Waals surface area contributed by atoms with Crippen LogP contribution in [0.15, 0.2) is 39.7 Å². The molecule has 0 bridgehead atoms. The van der Waals surface area contributed by atoms with Gasteiger partial charge in [0.25, 0.3) is 0 Å². The fraction of sp³-hybridized carbons (Fsp3) is 0.412. The van der Waals surface area contributed by atoms with Crippen molar-refractivity contribution < 1.29 is 22.4 Å². The molecule has 0 fully saturated rings. The molecule has 27 heavy (non-hydrogen) atoms. The molecule has 0 unspecified atom stereocenters. The second kappa shape index (κ2) is 9.81. The molecule has 10 heteroatoms. The number of alkyl halides is 3. The van der Waals surface area contributed by atoms with Gasteiger partial charge >= 0.3 is 6.18 Å². The third kappa shape index (κ3) is 6.92. The molecule has 1 N–H and O–H groups in total. The van der Waals surface area contributed by atoms with Crippen LogP contribution in [-0.4, -0.2) is 62.1 Å². The van der Waals surface area contributed by atoms with Crippen molar-refractivity contribution in [1.82, 2.24) is 15.1 Å². The molecular formula is C17H22F3IN4O2. The highest BCUT2D eigenvalue weighted by Gasteiger charge is 2.31. The molecule has 0 saturated carbocycles. The van der Waals surface area contributed by atoms with Crippen molar-refractivity contribution in [2.45, 2.75) is 12.7 Å². The van der Waals surface area contributed by atoms with E-state index < -0.39 is 18.6 Å². The number of halogens is 4. The summed E-state index contributed by atoms with van der Waals surface area (Å²) in [5.74, 6) is 0.400. The first-order valence-electron chi connectivity index (χ1n) is 7.89. The number of benzene rings is 1. The molecule has 2 rings (SSSR count). The van der Waals surface area contributed by atoms with Crippen LogP contribution in [0, 0.1) is 0 Å². The average molecular weight is 498 g/mol. The first-order valence-corrected chi connectivity index (χ1v) is 7.89. The lowest BCUT2D eigenvalue weighted by Crippen LogP contribution is -2.45. The minimum absolute atomic E-state index is 0. The van der Waals surface area contributed by atoms with Gasteiger partial charge in [-0.25, -0.2) is 0 Å². The van der Waals surface area contributed by atoms with Gasteiger partial charge in [-0.3, -0.25) is 9.79 Å². The van der Waals surface area contributed by atoms with Crippen LogP contribution in [0.2, 0.25) is 0 Å². The zero-order chi connectivity index (χ0) is 19.3. The standard InChI is InChI=1S/C17H21F3N4O2.HI/c1-21-16(22-9-15(25)24(3)11-17(18,19)20)23(2)10-13-8-12-6-4-5-7-14(12)26-13;/h4-8H,9-11H2,1-3H3,(H,21,22);1H. The number of aliphatic imine (C=N–C) groups is 1. The number of rotatable bonds is 5. The normalized spacial score (nSPS) is 11.9. The number of nitrogens with one attached hydrogen (secondary N) is 1. The minimum Gasteiger partial charge on any atom is -0.459 e. The van der Waals surface area contributed by atoms with Crippen molar-refractivity contribution in [3.05, 3.63) is 36.1 Å². The van der Waals surface area contributed by atoms with E-state index in [2.05, 4.69) is 10.3 Å². The van der Waals surface area contributed by atoms with Crippen molar-refractivity contribution in [3.63, 3.8) is 0 Å². The molecule has 0 atom stereocenters. The van der Waals surface area contributed by atoms with E-state index in [1.807, 2.05) is 30.3 Å². The molecule has 0 aliphatic carbocycles. The Hall–Kier alpha value is -1.98. The summed E-state index contributed by atoms with van der Waals surface area (Å²) in [7, 11) is 4.38. The fourth-order valence-corrected chi connectivity index (χ4v) is 2.45. The Kier molecular flexibility index (Phi) is 8.38. The van der Waals surface area contributed by atoms with Crippen LogP contribution in [0.25, 0.3) is 11.0 Å². The summed E-state index contributed by atoms with van der Waals surface area (Å²) < 4.78 is 42.7. The van der Waals surface area contributed by atoms with E-state index in [1.54, 1.807) is 11.9 Å². The summed E-state index contributed by atoms with van der Waals surface area (Å²) >= 11 is 0. The number of guanidine groups is 1. The smallest absolute Gasteiger partial charge is 0.406 e. The van der Waals surface area contributed by atoms with Crippen LogP contribution in [0.1, 0.15) is 5.76 Å². The number of amides is 1. The first kappa shape index (κ1) is 23.1. The summed E-state index contributed by atoms with van der Waals surface area (Å²) in [6.07, 6.45) is -4.43. The summed E-state index contributed by atoms with van der Waals surface area (Å²) in [6.45, 7) is -1.19. The predicted molar refractivity (Wildman–Crippen MR) is 108 cm³/mol. The van der Waals surface area contributed by atoms with Crippen molar-refractivity contribution in [1.29, 1.82) is 0 Å². The number of likely N-dealkylation sites (N-methyl/N-ethyl adjacent to an activating group) is 1. The first-order chi connectivity index (χ1) is 12.2. The highest BCUT2D eigenvalue weighted by molar-refractivity contribution is 14.0. The summed E-state index contributed by atoms with van der Waals surface area (Å²) in [4.78, 5) is 18.2. The molecule has 1 aromatic carbocycles. The van der Waals surface area contributed by atoms with Crippen molar-refractivity contribution in [3.8, 4) is 0 Å². The van der Waals surface area contributed by atoms with E-state index in [4.69, 9.17) is 4.42 Å². The topological polar surface area (TPSA) is 61.1 Å². The van der Waals surface area contributed by atoms with E-state index in [-0.39, 0.29) is 30.5 Å². The second-order valence-corrected chi connectivity index (χ2v) is 5.87. The lowest BCUT2D eigenvalue weighted by atomic mass is 10.2. The average Bonchev–Trinajstić information content (AvgIpc) is 2.95.